The number of nitrogens with one attached hydrogen (secondary N) is 1. The highest BCUT2D eigenvalue weighted by Crippen LogP contribution is 2.31. The number of likely N-dealkylation sites (N-methyl/N-ethyl adjacent to an activating group) is 1. The molecule has 3 heteroatoms. The minimum atomic E-state index is -0.177. The Morgan fingerprint density at radius 2 is 2.00 bits per heavy atom. The van der Waals surface area contributed by atoms with Gasteiger partial charge in [0.2, 0.25) is 0 Å². The zero-order valence-electron chi connectivity index (χ0n) is 12.7. The molecule has 0 aliphatic heterocycles. The van der Waals surface area contributed by atoms with Crippen molar-refractivity contribution in [3.8, 4) is 0 Å². The van der Waals surface area contributed by atoms with E-state index in [-0.39, 0.29) is 11.9 Å². The summed E-state index contributed by atoms with van der Waals surface area (Å²) in [5.74, 6) is 1.06. The topological polar surface area (TPSA) is 21.3 Å². The van der Waals surface area contributed by atoms with E-state index in [0.717, 1.165) is 18.9 Å². The van der Waals surface area contributed by atoms with E-state index in [2.05, 4.69) is 26.1 Å². The SMILES string of the molecule is CCNC1CC(C)CC(C)C1OCc1ccccc1F. The Hall–Kier alpha value is -0.930. The van der Waals surface area contributed by atoms with Crippen LogP contribution >= 0.6 is 0 Å². The van der Waals surface area contributed by atoms with Crippen molar-refractivity contribution in [2.75, 3.05) is 6.54 Å². The maximum absolute atomic E-state index is 13.7. The summed E-state index contributed by atoms with van der Waals surface area (Å²) in [5.41, 5.74) is 0.647. The van der Waals surface area contributed by atoms with Crippen molar-refractivity contribution in [1.82, 2.24) is 5.32 Å². The van der Waals surface area contributed by atoms with E-state index in [9.17, 15) is 4.39 Å². The van der Waals surface area contributed by atoms with Crippen LogP contribution in [-0.4, -0.2) is 18.7 Å². The molecule has 20 heavy (non-hydrogen) atoms. The molecule has 1 fully saturated rings. The predicted molar refractivity (Wildman–Crippen MR) is 80.0 cm³/mol. The standard InChI is InChI=1S/C17H26FNO/c1-4-19-16-10-12(2)9-13(3)17(16)20-11-14-7-5-6-8-15(14)18/h5-8,12-13,16-17,19H,4,9-11H2,1-3H3. The summed E-state index contributed by atoms with van der Waals surface area (Å²) in [7, 11) is 0. The van der Waals surface area contributed by atoms with Crippen LogP contribution in [0.3, 0.4) is 0 Å². The lowest BCUT2D eigenvalue weighted by Crippen LogP contribution is -2.49. The summed E-state index contributed by atoms with van der Waals surface area (Å²) in [4.78, 5) is 0. The first-order valence-electron chi connectivity index (χ1n) is 7.70. The number of benzene rings is 1. The van der Waals surface area contributed by atoms with Gasteiger partial charge in [-0.2, -0.15) is 0 Å². The molecule has 1 saturated carbocycles. The van der Waals surface area contributed by atoms with Gasteiger partial charge in [-0.05, 0) is 37.3 Å². The van der Waals surface area contributed by atoms with E-state index in [4.69, 9.17) is 4.74 Å². The van der Waals surface area contributed by atoms with Crippen molar-refractivity contribution in [1.29, 1.82) is 0 Å². The van der Waals surface area contributed by atoms with Gasteiger partial charge in [-0.3, -0.25) is 0 Å². The maximum Gasteiger partial charge on any atom is 0.128 e. The fourth-order valence-electron chi connectivity index (χ4n) is 3.37. The zero-order valence-corrected chi connectivity index (χ0v) is 12.7. The van der Waals surface area contributed by atoms with Crippen LogP contribution in [0.4, 0.5) is 4.39 Å². The largest absolute Gasteiger partial charge is 0.372 e. The second-order valence-corrected chi connectivity index (χ2v) is 6.09. The van der Waals surface area contributed by atoms with Crippen LogP contribution in [0.15, 0.2) is 24.3 Å². The molecule has 4 unspecified atom stereocenters. The number of hydrogen-bond acceptors (Lipinski definition) is 2. The second kappa shape index (κ2) is 7.19. The molecule has 0 aromatic heterocycles. The first kappa shape index (κ1) is 15.5. The minimum Gasteiger partial charge on any atom is -0.372 e. The fraction of sp³-hybridized carbons (Fsp3) is 0.647. The van der Waals surface area contributed by atoms with Gasteiger partial charge in [0.1, 0.15) is 5.82 Å². The minimum absolute atomic E-state index is 0.172. The van der Waals surface area contributed by atoms with E-state index in [0.29, 0.717) is 24.1 Å². The Bertz CT molecular complexity index is 423. The van der Waals surface area contributed by atoms with Gasteiger partial charge in [0.25, 0.3) is 0 Å². The van der Waals surface area contributed by atoms with Gasteiger partial charge in [-0.15, -0.1) is 0 Å². The predicted octanol–water partition coefficient (Wildman–Crippen LogP) is 3.76. The van der Waals surface area contributed by atoms with Crippen molar-refractivity contribution >= 4 is 0 Å². The van der Waals surface area contributed by atoms with Crippen molar-refractivity contribution in [3.63, 3.8) is 0 Å². The molecule has 1 aromatic carbocycles. The van der Waals surface area contributed by atoms with E-state index in [1.165, 1.54) is 12.5 Å². The summed E-state index contributed by atoms with van der Waals surface area (Å²) in [6.45, 7) is 7.97. The van der Waals surface area contributed by atoms with Gasteiger partial charge in [-0.25, -0.2) is 4.39 Å². The first-order chi connectivity index (χ1) is 9.61. The van der Waals surface area contributed by atoms with Gasteiger partial charge in [0, 0.05) is 11.6 Å². The first-order valence-corrected chi connectivity index (χ1v) is 7.70. The third-order valence-electron chi connectivity index (χ3n) is 4.24. The lowest BCUT2D eigenvalue weighted by molar-refractivity contribution is -0.0472. The smallest absolute Gasteiger partial charge is 0.128 e. The molecule has 1 aliphatic rings. The highest BCUT2D eigenvalue weighted by molar-refractivity contribution is 5.16. The van der Waals surface area contributed by atoms with Gasteiger partial charge in [0.05, 0.1) is 12.7 Å². The molecule has 1 aliphatic carbocycles. The van der Waals surface area contributed by atoms with Crippen molar-refractivity contribution in [3.05, 3.63) is 35.6 Å². The van der Waals surface area contributed by atoms with Crippen molar-refractivity contribution in [2.45, 2.75) is 52.4 Å². The highest BCUT2D eigenvalue weighted by atomic mass is 19.1. The Morgan fingerprint density at radius 3 is 2.70 bits per heavy atom. The molecule has 0 radical (unpaired) electrons. The van der Waals surface area contributed by atoms with Gasteiger partial charge in [0.15, 0.2) is 0 Å². The van der Waals surface area contributed by atoms with E-state index >= 15 is 0 Å². The van der Waals surface area contributed by atoms with Gasteiger partial charge in [-0.1, -0.05) is 39.0 Å². The summed E-state index contributed by atoms with van der Waals surface area (Å²) in [5, 5.41) is 3.53. The van der Waals surface area contributed by atoms with Gasteiger partial charge >= 0.3 is 0 Å². The Labute approximate surface area is 121 Å². The molecular formula is C17H26FNO. The van der Waals surface area contributed by atoms with E-state index in [1.54, 1.807) is 12.1 Å². The van der Waals surface area contributed by atoms with Crippen LogP contribution in [0.5, 0.6) is 0 Å². The third-order valence-corrected chi connectivity index (χ3v) is 4.24. The van der Waals surface area contributed by atoms with Crippen LogP contribution in [-0.2, 0) is 11.3 Å². The molecule has 112 valence electrons. The van der Waals surface area contributed by atoms with Crippen LogP contribution in [0.25, 0.3) is 0 Å². The average molecular weight is 279 g/mol. The van der Waals surface area contributed by atoms with E-state index < -0.39 is 0 Å². The molecule has 1 N–H and O–H groups in total. The molecule has 2 rings (SSSR count). The fourth-order valence-corrected chi connectivity index (χ4v) is 3.37. The lowest BCUT2D eigenvalue weighted by atomic mass is 9.78. The number of ether oxygens (including phenoxy) is 1. The summed E-state index contributed by atoms with van der Waals surface area (Å²) in [6.07, 6.45) is 2.50. The van der Waals surface area contributed by atoms with Crippen LogP contribution in [0.1, 0.15) is 39.2 Å². The maximum atomic E-state index is 13.7. The van der Waals surface area contributed by atoms with Crippen molar-refractivity contribution in [2.24, 2.45) is 11.8 Å². The van der Waals surface area contributed by atoms with Crippen molar-refractivity contribution < 1.29 is 9.13 Å². The quantitative estimate of drug-likeness (QED) is 0.886. The van der Waals surface area contributed by atoms with Crippen LogP contribution in [0.2, 0.25) is 0 Å². The summed E-state index contributed by atoms with van der Waals surface area (Å²) >= 11 is 0. The summed E-state index contributed by atoms with van der Waals surface area (Å²) < 4.78 is 19.7. The van der Waals surface area contributed by atoms with Gasteiger partial charge < -0.3 is 10.1 Å². The molecule has 0 heterocycles. The second-order valence-electron chi connectivity index (χ2n) is 6.09. The molecule has 1 aromatic rings. The number of rotatable bonds is 5. The molecule has 0 amide bonds. The van der Waals surface area contributed by atoms with Crippen LogP contribution < -0.4 is 5.32 Å². The highest BCUT2D eigenvalue weighted by Gasteiger charge is 2.34. The van der Waals surface area contributed by atoms with E-state index in [1.807, 2.05) is 6.07 Å². The van der Waals surface area contributed by atoms with Crippen LogP contribution in [0, 0.1) is 17.7 Å². The Morgan fingerprint density at radius 1 is 1.25 bits per heavy atom. The zero-order chi connectivity index (χ0) is 14.5. The lowest BCUT2D eigenvalue weighted by Gasteiger charge is -2.39. The molecule has 4 atom stereocenters. The molecule has 0 bridgehead atoms. The average Bonchev–Trinajstić information content (AvgIpc) is 2.40. The number of halogens is 1. The number of hydrogen-bond donors (Lipinski definition) is 1. The summed E-state index contributed by atoms with van der Waals surface area (Å²) in [6, 6.07) is 7.24. The Balaban J connectivity index is 2.00. The molecule has 0 spiro atoms. The third kappa shape index (κ3) is 3.80. The Kier molecular flexibility index (Phi) is 5.55. The molecular weight excluding hydrogens is 253 g/mol. The monoisotopic (exact) mass is 279 g/mol. The molecule has 2 nitrogen and oxygen atoms in total. The molecule has 0 saturated heterocycles. The normalized spacial score (nSPS) is 30.4.